The lowest BCUT2D eigenvalue weighted by Gasteiger charge is -2.35. The number of pyridine rings is 1. The monoisotopic (exact) mass is 602 g/mol. The molecule has 3 aliphatic rings. The number of aromatic nitrogens is 3. The Morgan fingerprint density at radius 1 is 1.09 bits per heavy atom. The second-order valence-corrected chi connectivity index (χ2v) is 12.6. The number of likely N-dealkylation sites (tertiary alicyclic amines) is 1. The number of aromatic carboxylic acids is 1. The average Bonchev–Trinajstić information content (AvgIpc) is 3.48. The van der Waals surface area contributed by atoms with Crippen LogP contribution in [0.1, 0.15) is 77.6 Å². The summed E-state index contributed by atoms with van der Waals surface area (Å²) in [6, 6.07) is 18.7. The van der Waals surface area contributed by atoms with E-state index in [1.807, 2.05) is 43.0 Å². The maximum Gasteiger partial charge on any atom is 0.335 e. The molecule has 1 N–H and O–H groups in total. The highest BCUT2D eigenvalue weighted by molar-refractivity contribution is 6.00. The lowest BCUT2D eigenvalue weighted by Crippen LogP contribution is -2.36. The number of carbonyl (C=O) groups excluding carboxylic acids is 1. The number of carbonyl (C=O) groups is 1. The van der Waals surface area contributed by atoms with E-state index in [9.17, 15) is 20.0 Å². The number of hydrogen-bond acceptors (Lipinski definition) is 8. The summed E-state index contributed by atoms with van der Waals surface area (Å²) in [4.78, 5) is 38.2. The zero-order valence-corrected chi connectivity index (χ0v) is 25.4. The summed E-state index contributed by atoms with van der Waals surface area (Å²) >= 11 is 0. The first kappa shape index (κ1) is 28.9. The zero-order valence-electron chi connectivity index (χ0n) is 25.4. The number of hydrogen-bond donors (Lipinski definition) is 1. The van der Waals surface area contributed by atoms with Crippen LogP contribution in [0.3, 0.4) is 0 Å². The molecule has 2 fully saturated rings. The summed E-state index contributed by atoms with van der Waals surface area (Å²) in [7, 11) is 0. The molecule has 1 atom stereocenters. The van der Waals surface area contributed by atoms with Crippen LogP contribution in [0, 0.1) is 11.3 Å². The number of fused-ring (bicyclic) bond motifs is 2. The number of ether oxygens (including phenoxy) is 1. The van der Waals surface area contributed by atoms with Crippen LogP contribution in [0.5, 0.6) is 0 Å². The number of piperidine rings is 1. The maximum atomic E-state index is 12.2. The van der Waals surface area contributed by atoms with Crippen LogP contribution >= 0.6 is 0 Å². The first-order chi connectivity index (χ1) is 21.8. The quantitative estimate of drug-likeness (QED) is 0.288. The molecule has 10 nitrogen and oxygen atoms in total. The molecular weight excluding hydrogens is 568 g/mol. The van der Waals surface area contributed by atoms with E-state index in [0.717, 1.165) is 72.6 Å². The minimum absolute atomic E-state index is 0.120. The molecule has 0 radical (unpaired) electrons. The molecule has 0 unspecified atom stereocenters. The highest BCUT2D eigenvalue weighted by Gasteiger charge is 2.43. The second kappa shape index (κ2) is 11.3. The molecule has 0 saturated carbocycles. The van der Waals surface area contributed by atoms with Crippen molar-refractivity contribution in [1.29, 1.82) is 5.26 Å². The summed E-state index contributed by atoms with van der Waals surface area (Å²) in [5.41, 5.74) is 4.98. The third kappa shape index (κ3) is 5.09. The fourth-order valence-electron chi connectivity index (χ4n) is 6.99. The molecule has 2 saturated heterocycles. The molecule has 228 valence electrons. The van der Waals surface area contributed by atoms with Gasteiger partial charge in [-0.3, -0.25) is 4.90 Å². The minimum Gasteiger partial charge on any atom is -0.478 e. The first-order valence-corrected chi connectivity index (χ1v) is 15.4. The highest BCUT2D eigenvalue weighted by atomic mass is 16.5. The Hall–Kier alpha value is -4.81. The van der Waals surface area contributed by atoms with E-state index < -0.39 is 11.5 Å². The Kier molecular flexibility index (Phi) is 7.25. The van der Waals surface area contributed by atoms with Gasteiger partial charge in [-0.15, -0.1) is 0 Å². The van der Waals surface area contributed by atoms with Crippen molar-refractivity contribution in [1.82, 2.24) is 19.4 Å². The van der Waals surface area contributed by atoms with Crippen LogP contribution in [0.2, 0.25) is 0 Å². The van der Waals surface area contributed by atoms with Gasteiger partial charge >= 0.3 is 5.97 Å². The van der Waals surface area contributed by atoms with Gasteiger partial charge in [0.25, 0.3) is 0 Å². The Labute approximate surface area is 261 Å². The Bertz CT molecular complexity index is 1900. The summed E-state index contributed by atoms with van der Waals surface area (Å²) in [5.74, 6) is 3.08. The third-order valence-electron chi connectivity index (χ3n) is 9.55. The van der Waals surface area contributed by atoms with Gasteiger partial charge in [0.05, 0.1) is 53.0 Å². The zero-order chi connectivity index (χ0) is 31.3. The minimum atomic E-state index is -0.949. The molecule has 5 heterocycles. The van der Waals surface area contributed by atoms with Crippen molar-refractivity contribution >= 4 is 34.5 Å². The number of imidazole rings is 1. The molecule has 10 heteroatoms. The van der Waals surface area contributed by atoms with E-state index in [0.29, 0.717) is 30.2 Å². The molecule has 2 aromatic heterocycles. The lowest BCUT2D eigenvalue weighted by atomic mass is 9.92. The van der Waals surface area contributed by atoms with Gasteiger partial charge in [0.2, 0.25) is 0 Å². The molecule has 0 spiro atoms. The van der Waals surface area contributed by atoms with Crippen molar-refractivity contribution in [3.63, 3.8) is 0 Å². The maximum absolute atomic E-state index is 12.2. The van der Waals surface area contributed by atoms with Gasteiger partial charge in [0.15, 0.2) is 5.94 Å². The molecule has 3 aliphatic heterocycles. The third-order valence-corrected chi connectivity index (χ3v) is 9.55. The number of carboxylic acid groups (broad SMARTS) is 1. The van der Waals surface area contributed by atoms with E-state index >= 15 is 0 Å². The van der Waals surface area contributed by atoms with E-state index in [2.05, 4.69) is 27.5 Å². The van der Waals surface area contributed by atoms with Gasteiger partial charge in [-0.25, -0.2) is 19.6 Å². The average molecular weight is 603 g/mol. The SMILES string of the molecule is CC1(C)c2cc(C#N)ccc2C(=C=O)N1c1cccc(C2CCN(Cc3nc4ccc(C(=O)O)cc4n3C[C@@H]3CCO3)CC2)n1. The highest BCUT2D eigenvalue weighted by Crippen LogP contribution is 2.47. The van der Waals surface area contributed by atoms with Crippen LogP contribution in [0.25, 0.3) is 16.7 Å². The van der Waals surface area contributed by atoms with Gasteiger partial charge in [-0.05, 0) is 94.2 Å². The van der Waals surface area contributed by atoms with E-state index in [1.54, 1.807) is 24.3 Å². The van der Waals surface area contributed by atoms with E-state index in [-0.39, 0.29) is 17.6 Å². The molecule has 45 heavy (non-hydrogen) atoms. The number of nitriles is 1. The van der Waals surface area contributed by atoms with Crippen LogP contribution in [0.4, 0.5) is 5.82 Å². The van der Waals surface area contributed by atoms with Gasteiger partial charge < -0.3 is 19.3 Å². The lowest BCUT2D eigenvalue weighted by molar-refractivity contribution is -0.0592. The van der Waals surface area contributed by atoms with Crippen molar-refractivity contribution < 1.29 is 19.4 Å². The van der Waals surface area contributed by atoms with Crippen molar-refractivity contribution in [3.8, 4) is 6.07 Å². The fourth-order valence-corrected chi connectivity index (χ4v) is 6.99. The number of carboxylic acids is 1. The molecular formula is C35H34N6O4. The van der Waals surface area contributed by atoms with Gasteiger partial charge in [-0.2, -0.15) is 5.26 Å². The van der Waals surface area contributed by atoms with Crippen molar-refractivity contribution in [2.24, 2.45) is 0 Å². The normalized spacial score (nSPS) is 19.6. The topological polar surface area (TPSA) is 125 Å². The van der Waals surface area contributed by atoms with E-state index in [4.69, 9.17) is 14.7 Å². The molecule has 0 aliphatic carbocycles. The summed E-state index contributed by atoms with van der Waals surface area (Å²) in [6.07, 6.45) is 2.96. The molecule has 2 aromatic carbocycles. The van der Waals surface area contributed by atoms with Gasteiger partial charge in [0.1, 0.15) is 17.3 Å². The summed E-state index contributed by atoms with van der Waals surface area (Å²) in [5, 5.41) is 19.0. The summed E-state index contributed by atoms with van der Waals surface area (Å²) < 4.78 is 7.85. The molecule has 0 amide bonds. The number of anilines is 1. The number of benzene rings is 2. The molecule has 7 rings (SSSR count). The number of rotatable bonds is 7. The second-order valence-electron chi connectivity index (χ2n) is 12.6. The Morgan fingerprint density at radius 2 is 1.89 bits per heavy atom. The fraction of sp³-hybridized carbons (Fsp3) is 0.371. The Morgan fingerprint density at radius 3 is 2.58 bits per heavy atom. The van der Waals surface area contributed by atoms with Crippen molar-refractivity contribution in [2.45, 2.75) is 63.8 Å². The summed E-state index contributed by atoms with van der Waals surface area (Å²) in [6.45, 7) is 7.91. The van der Waals surface area contributed by atoms with Gasteiger partial charge in [0, 0.05) is 23.8 Å². The molecule has 0 bridgehead atoms. The van der Waals surface area contributed by atoms with E-state index in [1.165, 1.54) is 0 Å². The largest absolute Gasteiger partial charge is 0.478 e. The van der Waals surface area contributed by atoms with Crippen molar-refractivity contribution in [3.05, 3.63) is 88.4 Å². The Balaban J connectivity index is 1.09. The van der Waals surface area contributed by atoms with Crippen LogP contribution < -0.4 is 4.90 Å². The van der Waals surface area contributed by atoms with Gasteiger partial charge in [-0.1, -0.05) is 12.1 Å². The predicted molar refractivity (Wildman–Crippen MR) is 168 cm³/mol. The number of nitrogens with zero attached hydrogens (tertiary/aromatic N) is 6. The van der Waals surface area contributed by atoms with Crippen LogP contribution in [0.15, 0.2) is 54.6 Å². The standard InChI is InChI=1S/C35H34N6O4/c1-35(2)27-16-22(18-36)6-8-26(27)31(21-42)41(35)32-5-3-4-28(37-32)23-10-13-39(14-11-23)20-33-38-29-9-7-24(34(43)44)17-30(29)40(33)19-25-12-15-45-25/h3-9,16-17,23,25H,10-15,19-20H2,1-2H3,(H,43,44)/t25-/m0/s1. The van der Waals surface area contributed by atoms with Crippen molar-refractivity contribution in [2.75, 3.05) is 24.6 Å². The van der Waals surface area contributed by atoms with Crippen LogP contribution in [-0.2, 0) is 28.2 Å². The predicted octanol–water partition coefficient (Wildman–Crippen LogP) is 5.10. The first-order valence-electron chi connectivity index (χ1n) is 15.4. The van der Waals surface area contributed by atoms with Crippen LogP contribution in [-0.4, -0.2) is 62.3 Å². The molecule has 4 aromatic rings. The smallest absolute Gasteiger partial charge is 0.335 e.